The summed E-state index contributed by atoms with van der Waals surface area (Å²) in [5.74, 6) is -3.82. The van der Waals surface area contributed by atoms with Gasteiger partial charge in [0, 0.05) is 5.69 Å². The van der Waals surface area contributed by atoms with Crippen LogP contribution in [0.2, 0.25) is 18.1 Å². The Hall–Kier alpha value is -4.93. The molecule has 1 fully saturated rings. The number of allylic oxidation sites excluding steroid dienone is 1. The van der Waals surface area contributed by atoms with Crippen LogP contribution in [0.1, 0.15) is 128 Å². The lowest BCUT2D eigenvalue weighted by molar-refractivity contribution is -0.282. The summed E-state index contributed by atoms with van der Waals surface area (Å²) in [6.07, 6.45) is -7.28. The number of ether oxygens (including phenoxy) is 5. The molecule has 384 valence electrons. The molecule has 2 amide bonds. The SMILES string of the molecule is CC(C)(C)C(=O)OC[C@H]1O[C@@H](N(C=O)[C@H](CCC(F)/C=C/c2ccccc2)C(=O)Nc2ccccc2CO[Si](C)(C)C(C)(C)C)[C@H](OC(=O)C(C)(C)C)[C@@H](OC(=O)C(C)(C)C)[C@H]1OC(=O)C(C)(C)C. The van der Waals surface area contributed by atoms with E-state index in [2.05, 4.69) is 39.2 Å². The Morgan fingerprint density at radius 3 is 1.70 bits per heavy atom. The van der Waals surface area contributed by atoms with Crippen LogP contribution in [0.15, 0.2) is 60.7 Å². The van der Waals surface area contributed by atoms with Gasteiger partial charge in [-0.05, 0) is 131 Å². The van der Waals surface area contributed by atoms with Crippen molar-refractivity contribution in [3.63, 3.8) is 0 Å². The zero-order valence-electron chi connectivity index (χ0n) is 44.0. The fraction of sp³-hybridized carbons (Fsp3) is 0.623. The Bertz CT molecular complexity index is 2110. The number of anilines is 1. The number of rotatable bonds is 18. The highest BCUT2D eigenvalue weighted by Gasteiger charge is 2.57. The van der Waals surface area contributed by atoms with Crippen molar-refractivity contribution in [3.8, 4) is 0 Å². The quantitative estimate of drug-likeness (QED) is 0.0649. The molecule has 7 atom stereocenters. The van der Waals surface area contributed by atoms with Crippen molar-refractivity contribution in [1.29, 1.82) is 0 Å². The number of hydrogen-bond acceptors (Lipinski definition) is 12. The second-order valence-corrected chi connectivity index (χ2v) is 28.2. The van der Waals surface area contributed by atoms with E-state index in [9.17, 15) is 28.8 Å². The first-order chi connectivity index (χ1) is 31.6. The topological polar surface area (TPSA) is 173 Å². The molecule has 14 nitrogen and oxygen atoms in total. The average molecular weight is 983 g/mol. The maximum Gasteiger partial charge on any atom is 0.311 e. The van der Waals surface area contributed by atoms with E-state index in [1.807, 2.05) is 36.4 Å². The Labute approximate surface area is 410 Å². The van der Waals surface area contributed by atoms with E-state index < -0.39 is 109 Å². The summed E-state index contributed by atoms with van der Waals surface area (Å²) in [6.45, 7) is 29.4. The number of hydrogen-bond donors (Lipinski definition) is 1. The van der Waals surface area contributed by atoms with Crippen molar-refractivity contribution in [1.82, 2.24) is 4.90 Å². The van der Waals surface area contributed by atoms with Gasteiger partial charge in [-0.2, -0.15) is 0 Å². The van der Waals surface area contributed by atoms with Crippen LogP contribution in [-0.2, 0) is 63.5 Å². The lowest BCUT2D eigenvalue weighted by Gasteiger charge is -2.49. The van der Waals surface area contributed by atoms with E-state index in [1.54, 1.807) is 107 Å². The zero-order valence-corrected chi connectivity index (χ0v) is 45.0. The Morgan fingerprint density at radius 1 is 0.696 bits per heavy atom. The number of halogens is 1. The van der Waals surface area contributed by atoms with Gasteiger partial charge in [-0.3, -0.25) is 28.8 Å². The molecule has 2 aromatic carbocycles. The molecule has 1 aliphatic rings. The number of carbonyl (C=O) groups is 6. The Balaban J connectivity index is 2.32. The summed E-state index contributed by atoms with van der Waals surface area (Å²) in [5, 5.41) is 2.84. The number of nitrogens with one attached hydrogen (secondary N) is 1. The summed E-state index contributed by atoms with van der Waals surface area (Å²) in [4.78, 5) is 85.0. The van der Waals surface area contributed by atoms with Gasteiger partial charge >= 0.3 is 23.9 Å². The first kappa shape index (κ1) is 58.4. The van der Waals surface area contributed by atoms with Crippen LogP contribution in [0.3, 0.4) is 0 Å². The van der Waals surface area contributed by atoms with Gasteiger partial charge in [-0.15, -0.1) is 0 Å². The minimum absolute atomic E-state index is 0.113. The highest BCUT2D eigenvalue weighted by molar-refractivity contribution is 6.74. The number of alkyl halides is 1. The smallest absolute Gasteiger partial charge is 0.311 e. The van der Waals surface area contributed by atoms with E-state index >= 15 is 4.39 Å². The first-order valence-corrected chi connectivity index (χ1v) is 26.6. The predicted molar refractivity (Wildman–Crippen MR) is 265 cm³/mol. The van der Waals surface area contributed by atoms with E-state index in [1.165, 1.54) is 6.08 Å². The molecule has 0 aromatic heterocycles. The van der Waals surface area contributed by atoms with Gasteiger partial charge in [-0.1, -0.05) is 81.5 Å². The lowest BCUT2D eigenvalue weighted by atomic mass is 9.91. The van der Waals surface area contributed by atoms with Gasteiger partial charge < -0.3 is 38.3 Å². The van der Waals surface area contributed by atoms with Crippen LogP contribution in [0.4, 0.5) is 10.1 Å². The summed E-state index contributed by atoms with van der Waals surface area (Å²) in [5.41, 5.74) is -2.72. The third-order valence-corrected chi connectivity index (χ3v) is 16.4. The summed E-state index contributed by atoms with van der Waals surface area (Å²) >= 11 is 0. The molecule has 0 aliphatic carbocycles. The molecule has 0 saturated carbocycles. The van der Waals surface area contributed by atoms with Crippen LogP contribution in [0, 0.1) is 21.7 Å². The Morgan fingerprint density at radius 2 is 1.19 bits per heavy atom. The normalized spacial score (nSPS) is 20.3. The lowest BCUT2D eigenvalue weighted by Crippen LogP contribution is -2.68. The standard InChI is InChI=1S/C53H79FN2O12Si/c1-49(2,3)45(59)63-32-39-40(66-46(60)50(4,5)6)41(67-47(61)51(7,8)9)42(68-48(62)52(10,11)12)44(65-39)56(33-57)38(30-29-36(54)28-27-34-23-19-18-20-24-34)43(58)55-37-26-22-21-25-35(37)31-64-69(16,17)53(13,14)15/h18-28,33,36,38-42,44H,29-32H2,1-17H3,(H,55,58)/b28-27+/t36?,38-,39-,40+,41+,42-,44-/m1/s1. The fourth-order valence-electron chi connectivity index (χ4n) is 6.32. The number of para-hydroxylation sites is 1. The molecule has 16 heteroatoms. The molecular weight excluding hydrogens is 904 g/mol. The number of esters is 4. The molecule has 3 rings (SSSR count). The van der Waals surface area contributed by atoms with Gasteiger partial charge in [0.15, 0.2) is 32.9 Å². The largest absolute Gasteiger partial charge is 0.462 e. The van der Waals surface area contributed by atoms with Gasteiger partial charge in [0.25, 0.3) is 0 Å². The van der Waals surface area contributed by atoms with E-state index in [-0.39, 0.29) is 24.5 Å². The van der Waals surface area contributed by atoms with Gasteiger partial charge in [0.1, 0.15) is 24.9 Å². The molecule has 0 radical (unpaired) electrons. The molecular formula is C53H79FN2O12Si. The molecule has 2 aromatic rings. The van der Waals surface area contributed by atoms with Gasteiger partial charge in [0.05, 0.1) is 28.3 Å². The van der Waals surface area contributed by atoms with Crippen LogP contribution >= 0.6 is 0 Å². The van der Waals surface area contributed by atoms with Crippen LogP contribution in [0.25, 0.3) is 6.08 Å². The maximum absolute atomic E-state index is 16.0. The second kappa shape index (κ2) is 23.3. The van der Waals surface area contributed by atoms with Crippen molar-refractivity contribution in [2.24, 2.45) is 21.7 Å². The van der Waals surface area contributed by atoms with Crippen molar-refractivity contribution in [3.05, 3.63) is 71.8 Å². The van der Waals surface area contributed by atoms with Crippen molar-refractivity contribution < 1.29 is 61.3 Å². The van der Waals surface area contributed by atoms with Crippen molar-refractivity contribution in [2.45, 2.75) is 184 Å². The molecule has 1 N–H and O–H groups in total. The third kappa shape index (κ3) is 16.9. The molecule has 69 heavy (non-hydrogen) atoms. The number of benzene rings is 2. The molecule has 1 unspecified atom stereocenters. The zero-order chi connectivity index (χ0) is 52.5. The monoisotopic (exact) mass is 983 g/mol. The third-order valence-electron chi connectivity index (χ3n) is 11.9. The fourth-order valence-corrected chi connectivity index (χ4v) is 7.27. The number of nitrogens with zero attached hydrogens (tertiary/aromatic N) is 1. The van der Waals surface area contributed by atoms with Gasteiger partial charge in [0.2, 0.25) is 12.3 Å². The summed E-state index contributed by atoms with van der Waals surface area (Å²) < 4.78 is 53.5. The highest BCUT2D eigenvalue weighted by atomic mass is 28.4. The second-order valence-electron chi connectivity index (χ2n) is 23.4. The minimum Gasteiger partial charge on any atom is -0.462 e. The minimum atomic E-state index is -2.27. The summed E-state index contributed by atoms with van der Waals surface area (Å²) in [6, 6.07) is 14.6. The Kier molecular flexibility index (Phi) is 19.7. The molecule has 0 spiro atoms. The van der Waals surface area contributed by atoms with Crippen LogP contribution in [0.5, 0.6) is 0 Å². The van der Waals surface area contributed by atoms with Crippen molar-refractivity contribution >= 4 is 56.3 Å². The van der Waals surface area contributed by atoms with E-state index in [4.69, 9.17) is 28.1 Å². The van der Waals surface area contributed by atoms with E-state index in [0.717, 1.165) is 10.5 Å². The number of amides is 2. The molecule has 1 heterocycles. The van der Waals surface area contributed by atoms with Crippen molar-refractivity contribution in [2.75, 3.05) is 11.9 Å². The van der Waals surface area contributed by atoms with Crippen LogP contribution < -0.4 is 5.32 Å². The highest BCUT2D eigenvalue weighted by Crippen LogP contribution is 2.39. The molecule has 1 saturated heterocycles. The predicted octanol–water partition coefficient (Wildman–Crippen LogP) is 9.99. The number of carbonyl (C=O) groups excluding carboxylic acids is 6. The summed E-state index contributed by atoms with van der Waals surface area (Å²) in [7, 11) is -2.27. The van der Waals surface area contributed by atoms with E-state index in [0.29, 0.717) is 17.7 Å². The van der Waals surface area contributed by atoms with Crippen LogP contribution in [-0.4, -0.2) is 98.9 Å². The molecule has 0 bridgehead atoms. The maximum atomic E-state index is 16.0. The molecule has 1 aliphatic heterocycles. The van der Waals surface area contributed by atoms with Gasteiger partial charge in [-0.25, -0.2) is 4.39 Å². The average Bonchev–Trinajstić information content (AvgIpc) is 3.23. The first-order valence-electron chi connectivity index (χ1n) is 23.7.